The Morgan fingerprint density at radius 1 is 0.697 bits per heavy atom. The first kappa shape index (κ1) is 23.7. The molecule has 1 fully saturated rings. The second-order valence-electron chi connectivity index (χ2n) is 8.44. The topological polar surface area (TPSA) is 79.7 Å². The number of hydrogen-bond acceptors (Lipinski definition) is 6. The van der Waals surface area contributed by atoms with Gasteiger partial charge in [0, 0.05) is 44.3 Å². The molecule has 0 N–H and O–H groups in total. The Balaban J connectivity index is 1.39. The highest BCUT2D eigenvalue weighted by atomic mass is 32.2. The molecule has 0 amide bonds. The minimum absolute atomic E-state index is 0.284. The maximum absolute atomic E-state index is 13.1. The van der Waals surface area contributed by atoms with Gasteiger partial charge in [0.2, 0.25) is 0 Å². The summed E-state index contributed by atoms with van der Waals surface area (Å²) < 4.78 is 50.8. The first-order valence-electron chi connectivity index (χ1n) is 10.9. The van der Waals surface area contributed by atoms with Gasteiger partial charge in [0.05, 0.1) is 9.79 Å². The van der Waals surface area contributed by atoms with Crippen molar-refractivity contribution in [2.45, 2.75) is 29.3 Å². The summed E-state index contributed by atoms with van der Waals surface area (Å²) in [7, 11) is -6.80. The fourth-order valence-corrected chi connectivity index (χ4v) is 6.15. The highest BCUT2D eigenvalue weighted by Crippen LogP contribution is 2.19. The van der Waals surface area contributed by atoms with Crippen LogP contribution >= 0.6 is 0 Å². The van der Waals surface area contributed by atoms with Gasteiger partial charge in [0.15, 0.2) is 9.84 Å². The van der Waals surface area contributed by atoms with Gasteiger partial charge < -0.3 is 0 Å². The summed E-state index contributed by atoms with van der Waals surface area (Å²) in [4.78, 5) is 5.27. The number of benzene rings is 2. The van der Waals surface area contributed by atoms with E-state index in [1.54, 1.807) is 54.7 Å². The normalized spacial score (nSPS) is 16.5. The largest absolute Gasteiger partial charge is 0.298 e. The molecule has 0 bridgehead atoms. The third-order valence-electron chi connectivity index (χ3n) is 5.92. The number of sulfone groups is 1. The van der Waals surface area contributed by atoms with Gasteiger partial charge in [0.1, 0.15) is 0 Å². The number of rotatable bonds is 7. The molecule has 2 aromatic carbocycles. The van der Waals surface area contributed by atoms with E-state index < -0.39 is 19.9 Å². The Labute approximate surface area is 196 Å². The van der Waals surface area contributed by atoms with E-state index in [4.69, 9.17) is 0 Å². The molecule has 0 saturated carbocycles. The standard InChI is InChI=1S/C24H29N3O4S2/c1-32(28,29)23-12-10-21(11-13-23)19-25-14-6-15-26(18-17-25)20-22-7-5-16-27(22)33(30,31)24-8-3-2-4-9-24/h2-5,7-13,16H,6,14-15,17-20H2,1H3. The molecule has 1 saturated heterocycles. The minimum atomic E-state index is -3.61. The van der Waals surface area contributed by atoms with E-state index >= 15 is 0 Å². The van der Waals surface area contributed by atoms with Crippen LogP contribution in [-0.4, -0.2) is 63.0 Å². The lowest BCUT2D eigenvalue weighted by Gasteiger charge is -2.22. The van der Waals surface area contributed by atoms with E-state index in [9.17, 15) is 16.8 Å². The lowest BCUT2D eigenvalue weighted by molar-refractivity contribution is 0.245. The number of aromatic nitrogens is 1. The summed E-state index contributed by atoms with van der Waals surface area (Å²) in [5.74, 6) is 0. The van der Waals surface area contributed by atoms with Gasteiger partial charge in [-0.15, -0.1) is 0 Å². The van der Waals surface area contributed by atoms with E-state index in [0.717, 1.165) is 50.4 Å². The lowest BCUT2D eigenvalue weighted by Crippen LogP contribution is -2.31. The molecule has 1 aliphatic rings. The zero-order chi connectivity index (χ0) is 23.5. The molecule has 0 radical (unpaired) electrons. The summed E-state index contributed by atoms with van der Waals surface area (Å²) in [6, 6.07) is 19.2. The van der Waals surface area contributed by atoms with Crippen molar-refractivity contribution in [2.75, 3.05) is 32.4 Å². The average Bonchev–Trinajstić information content (AvgIpc) is 3.15. The molecule has 7 nitrogen and oxygen atoms in total. The molecular formula is C24H29N3O4S2. The van der Waals surface area contributed by atoms with E-state index in [-0.39, 0.29) is 4.90 Å². The van der Waals surface area contributed by atoms with Gasteiger partial charge in [0.25, 0.3) is 10.0 Å². The molecule has 4 rings (SSSR count). The van der Waals surface area contributed by atoms with Crippen LogP contribution in [0.4, 0.5) is 0 Å². The summed E-state index contributed by atoms with van der Waals surface area (Å²) in [5, 5.41) is 0. The van der Waals surface area contributed by atoms with Crippen molar-refractivity contribution in [2.24, 2.45) is 0 Å². The molecule has 0 unspecified atom stereocenters. The van der Waals surface area contributed by atoms with E-state index in [2.05, 4.69) is 9.80 Å². The van der Waals surface area contributed by atoms with Crippen molar-refractivity contribution in [1.29, 1.82) is 0 Å². The minimum Gasteiger partial charge on any atom is -0.298 e. The Kier molecular flexibility index (Phi) is 7.04. The molecule has 3 aromatic rings. The van der Waals surface area contributed by atoms with Gasteiger partial charge in [-0.25, -0.2) is 20.8 Å². The molecule has 1 aliphatic heterocycles. The second-order valence-corrected chi connectivity index (χ2v) is 12.3. The SMILES string of the molecule is CS(=O)(=O)c1ccc(CN2CCCN(Cc3cccn3S(=O)(=O)c3ccccc3)CC2)cc1. The molecule has 33 heavy (non-hydrogen) atoms. The third kappa shape index (κ3) is 5.73. The summed E-state index contributed by atoms with van der Waals surface area (Å²) in [6.07, 6.45) is 3.81. The Morgan fingerprint density at radius 2 is 1.33 bits per heavy atom. The number of hydrogen-bond donors (Lipinski definition) is 0. The van der Waals surface area contributed by atoms with Crippen molar-refractivity contribution in [3.05, 3.63) is 84.2 Å². The maximum atomic E-state index is 13.1. The molecule has 1 aromatic heterocycles. The fraction of sp³-hybridized carbons (Fsp3) is 0.333. The van der Waals surface area contributed by atoms with Gasteiger partial charge in [-0.2, -0.15) is 0 Å². The van der Waals surface area contributed by atoms with Gasteiger partial charge in [-0.3, -0.25) is 9.80 Å². The van der Waals surface area contributed by atoms with Crippen LogP contribution in [0.3, 0.4) is 0 Å². The zero-order valence-corrected chi connectivity index (χ0v) is 20.3. The molecule has 0 atom stereocenters. The highest BCUT2D eigenvalue weighted by Gasteiger charge is 2.21. The average molecular weight is 488 g/mol. The first-order valence-corrected chi connectivity index (χ1v) is 14.3. The Hall–Kier alpha value is -2.46. The predicted octanol–water partition coefficient (Wildman–Crippen LogP) is 2.84. The molecule has 0 aliphatic carbocycles. The van der Waals surface area contributed by atoms with Gasteiger partial charge >= 0.3 is 0 Å². The van der Waals surface area contributed by atoms with Crippen LogP contribution in [0.2, 0.25) is 0 Å². The molecule has 0 spiro atoms. The molecule has 2 heterocycles. The summed E-state index contributed by atoms with van der Waals surface area (Å²) in [5.41, 5.74) is 1.84. The van der Waals surface area contributed by atoms with Crippen LogP contribution < -0.4 is 0 Å². The van der Waals surface area contributed by atoms with Crippen LogP contribution in [0.1, 0.15) is 17.7 Å². The molecular weight excluding hydrogens is 458 g/mol. The van der Waals surface area contributed by atoms with Crippen molar-refractivity contribution in [1.82, 2.24) is 13.8 Å². The fourth-order valence-electron chi connectivity index (χ4n) is 4.13. The smallest absolute Gasteiger partial charge is 0.267 e. The van der Waals surface area contributed by atoms with Crippen LogP contribution in [0.5, 0.6) is 0 Å². The summed E-state index contributed by atoms with van der Waals surface area (Å²) >= 11 is 0. The zero-order valence-electron chi connectivity index (χ0n) is 18.7. The van der Waals surface area contributed by atoms with Crippen LogP contribution in [0, 0.1) is 0 Å². The molecule has 176 valence electrons. The molecule has 9 heteroatoms. The summed E-state index contributed by atoms with van der Waals surface area (Å²) in [6.45, 7) is 4.85. The van der Waals surface area contributed by atoms with E-state index in [1.165, 1.54) is 10.2 Å². The van der Waals surface area contributed by atoms with Crippen molar-refractivity contribution < 1.29 is 16.8 Å². The first-order chi connectivity index (χ1) is 15.7. The lowest BCUT2D eigenvalue weighted by atomic mass is 10.2. The van der Waals surface area contributed by atoms with E-state index in [1.807, 2.05) is 18.2 Å². The Morgan fingerprint density at radius 3 is 1.97 bits per heavy atom. The van der Waals surface area contributed by atoms with Crippen LogP contribution in [0.25, 0.3) is 0 Å². The van der Waals surface area contributed by atoms with Gasteiger partial charge in [-0.1, -0.05) is 30.3 Å². The predicted molar refractivity (Wildman–Crippen MR) is 128 cm³/mol. The second kappa shape index (κ2) is 9.80. The third-order valence-corrected chi connectivity index (χ3v) is 8.79. The monoisotopic (exact) mass is 487 g/mol. The van der Waals surface area contributed by atoms with E-state index in [0.29, 0.717) is 11.4 Å². The maximum Gasteiger partial charge on any atom is 0.267 e. The van der Waals surface area contributed by atoms with Crippen molar-refractivity contribution >= 4 is 19.9 Å². The Bertz CT molecular complexity index is 1280. The highest BCUT2D eigenvalue weighted by molar-refractivity contribution is 7.90. The van der Waals surface area contributed by atoms with Crippen LogP contribution in [0.15, 0.2) is 82.7 Å². The van der Waals surface area contributed by atoms with Crippen molar-refractivity contribution in [3.8, 4) is 0 Å². The van der Waals surface area contributed by atoms with Gasteiger partial charge in [-0.05, 0) is 61.5 Å². The van der Waals surface area contributed by atoms with Crippen LogP contribution in [-0.2, 0) is 33.0 Å². The number of nitrogens with zero attached hydrogens (tertiary/aromatic N) is 3. The van der Waals surface area contributed by atoms with Crippen molar-refractivity contribution in [3.63, 3.8) is 0 Å². The quantitative estimate of drug-likeness (QED) is 0.510.